The van der Waals surface area contributed by atoms with Gasteiger partial charge in [-0.15, -0.1) is 0 Å². The van der Waals surface area contributed by atoms with Crippen molar-refractivity contribution in [3.63, 3.8) is 0 Å². The Hall–Kier alpha value is -1.64. The monoisotopic (exact) mass is 338 g/mol. The van der Waals surface area contributed by atoms with Crippen LogP contribution in [0.25, 0.3) is 0 Å². The maximum atomic E-state index is 5.80. The fourth-order valence-corrected chi connectivity index (χ4v) is 6.82. The Morgan fingerprint density at radius 1 is 0.524 bits per heavy atom. The Labute approximate surface area is 134 Å². The van der Waals surface area contributed by atoms with Gasteiger partial charge in [0, 0.05) is 0 Å². The summed E-state index contributed by atoms with van der Waals surface area (Å²) < 4.78 is 5.80. The molecule has 3 heteroatoms. The minimum absolute atomic E-state index is 1.16. The Morgan fingerprint density at radius 3 is 1.05 bits per heavy atom. The second-order valence-electron chi connectivity index (χ2n) is 4.84. The molecule has 0 aliphatic rings. The van der Waals surface area contributed by atoms with E-state index in [1.165, 1.54) is 0 Å². The molecule has 0 saturated heterocycles. The average Bonchev–Trinajstić information content (AvgIpc) is 2.59. The topological polar surface area (TPSA) is 9.23 Å². The summed E-state index contributed by atoms with van der Waals surface area (Å²) in [5, 5.41) is 3.48. The standard InChI is InChI=1S/C18H15OSi.Cu/c19-20(16-10-4-1-5-11-16,17-12-6-2-7-13-17)18-14-8-3-9-15-18;/h1-15H;/q-1;+1. The van der Waals surface area contributed by atoms with Crippen LogP contribution in [0.2, 0.25) is 0 Å². The molecule has 0 N–H and O–H groups in total. The van der Waals surface area contributed by atoms with Crippen LogP contribution in [-0.2, 0) is 19.9 Å². The summed E-state index contributed by atoms with van der Waals surface area (Å²) >= 11 is 5.36. The van der Waals surface area contributed by atoms with Gasteiger partial charge in [-0.3, -0.25) is 0 Å². The van der Waals surface area contributed by atoms with Crippen molar-refractivity contribution in [1.29, 1.82) is 0 Å². The van der Waals surface area contributed by atoms with Crippen LogP contribution in [0.1, 0.15) is 0 Å². The fourth-order valence-electron chi connectivity index (χ4n) is 2.63. The van der Waals surface area contributed by atoms with Gasteiger partial charge in [0.1, 0.15) is 0 Å². The van der Waals surface area contributed by atoms with Gasteiger partial charge in [0.15, 0.2) is 0 Å². The first-order chi connectivity index (χ1) is 10.4. The van der Waals surface area contributed by atoms with Crippen molar-refractivity contribution in [1.82, 2.24) is 0 Å². The molecular weight excluding hydrogens is 324 g/mol. The van der Waals surface area contributed by atoms with Crippen LogP contribution in [-0.4, -0.2) is 8.32 Å². The number of benzene rings is 3. The summed E-state index contributed by atoms with van der Waals surface area (Å²) in [6.07, 6.45) is 0. The molecule has 0 amide bonds. The van der Waals surface area contributed by atoms with Crippen LogP contribution in [0.5, 0.6) is 0 Å². The van der Waals surface area contributed by atoms with Gasteiger partial charge in [0.05, 0.1) is 0 Å². The van der Waals surface area contributed by atoms with Crippen molar-refractivity contribution < 1.29 is 19.9 Å². The molecule has 0 aromatic heterocycles. The van der Waals surface area contributed by atoms with E-state index in [0.29, 0.717) is 0 Å². The summed E-state index contributed by atoms with van der Waals surface area (Å²) in [4.78, 5) is 0. The zero-order chi connectivity index (χ0) is 14.5. The molecule has 108 valence electrons. The molecule has 3 aromatic carbocycles. The molecule has 0 aliphatic carbocycles. The van der Waals surface area contributed by atoms with E-state index >= 15 is 0 Å². The molecule has 0 saturated carbocycles. The van der Waals surface area contributed by atoms with Crippen LogP contribution in [0, 0.1) is 0 Å². The summed E-state index contributed by atoms with van der Waals surface area (Å²) in [6.45, 7) is 0. The Balaban J connectivity index is 2.29. The molecular formula is C18H15CuOSi. The molecule has 0 atom stereocenters. The molecule has 3 aromatic rings. The minimum atomic E-state index is -2.59. The van der Waals surface area contributed by atoms with Crippen molar-refractivity contribution >= 4 is 23.9 Å². The third-order valence-corrected chi connectivity index (χ3v) is 8.12. The molecule has 0 heterocycles. The Kier molecular flexibility index (Phi) is 4.37. The van der Waals surface area contributed by atoms with Gasteiger partial charge in [-0.25, -0.2) is 0 Å². The molecule has 0 bridgehead atoms. The number of hydrogen-bond acceptors (Lipinski definition) is 1. The van der Waals surface area contributed by atoms with E-state index in [9.17, 15) is 0 Å². The summed E-state index contributed by atoms with van der Waals surface area (Å²) in [7, 11) is -2.59. The fraction of sp³-hybridized carbons (Fsp3) is 0. The van der Waals surface area contributed by atoms with Crippen molar-refractivity contribution in [2.45, 2.75) is 0 Å². The van der Waals surface area contributed by atoms with Crippen LogP contribution in [0.4, 0.5) is 0 Å². The van der Waals surface area contributed by atoms with Crippen molar-refractivity contribution in [2.24, 2.45) is 0 Å². The molecule has 0 radical (unpaired) electrons. The van der Waals surface area contributed by atoms with Crippen LogP contribution in [0.15, 0.2) is 91.0 Å². The predicted molar refractivity (Wildman–Crippen MR) is 85.1 cm³/mol. The van der Waals surface area contributed by atoms with Gasteiger partial charge < -0.3 is 0 Å². The summed E-state index contributed by atoms with van der Waals surface area (Å²) in [5.74, 6) is 0. The second-order valence-corrected chi connectivity index (χ2v) is 8.63. The van der Waals surface area contributed by atoms with Crippen LogP contribution >= 0.6 is 0 Å². The molecule has 0 spiro atoms. The van der Waals surface area contributed by atoms with E-state index in [1.54, 1.807) is 0 Å². The second kappa shape index (κ2) is 6.42. The van der Waals surface area contributed by atoms with E-state index in [1.807, 2.05) is 54.6 Å². The van der Waals surface area contributed by atoms with Gasteiger partial charge >= 0.3 is 135 Å². The third kappa shape index (κ3) is 2.61. The number of rotatable bonds is 4. The van der Waals surface area contributed by atoms with Gasteiger partial charge in [-0.1, -0.05) is 0 Å². The predicted octanol–water partition coefficient (Wildman–Crippen LogP) is 2.13. The van der Waals surface area contributed by atoms with Crippen LogP contribution in [0.3, 0.4) is 0 Å². The molecule has 0 fully saturated rings. The molecule has 1 nitrogen and oxygen atoms in total. The van der Waals surface area contributed by atoms with E-state index in [0.717, 1.165) is 15.6 Å². The zero-order valence-corrected chi connectivity index (χ0v) is 13.3. The van der Waals surface area contributed by atoms with Gasteiger partial charge in [0.2, 0.25) is 0 Å². The maximum absolute atomic E-state index is 5.80. The molecule has 3 rings (SSSR count). The molecule has 21 heavy (non-hydrogen) atoms. The number of hydrogen-bond donors (Lipinski definition) is 0. The Morgan fingerprint density at radius 2 is 0.810 bits per heavy atom. The van der Waals surface area contributed by atoms with Crippen molar-refractivity contribution in [2.75, 3.05) is 0 Å². The van der Waals surface area contributed by atoms with Crippen molar-refractivity contribution in [3.8, 4) is 0 Å². The van der Waals surface area contributed by atoms with E-state index in [2.05, 4.69) is 36.4 Å². The zero-order valence-electron chi connectivity index (χ0n) is 11.4. The normalized spacial score (nSPS) is 11.3. The summed E-state index contributed by atoms with van der Waals surface area (Å²) in [6, 6.07) is 30.9. The van der Waals surface area contributed by atoms with Crippen molar-refractivity contribution in [3.05, 3.63) is 91.0 Å². The average molecular weight is 339 g/mol. The first kappa shape index (κ1) is 14.3. The quantitative estimate of drug-likeness (QED) is 0.523. The van der Waals surface area contributed by atoms with E-state index in [-0.39, 0.29) is 0 Å². The summed E-state index contributed by atoms with van der Waals surface area (Å²) in [5.41, 5.74) is 0. The first-order valence-corrected chi connectivity index (χ1v) is 9.10. The van der Waals surface area contributed by atoms with Gasteiger partial charge in [0.25, 0.3) is 0 Å². The molecule has 0 unspecified atom stereocenters. The Bertz CT molecular complexity index is 590. The van der Waals surface area contributed by atoms with Gasteiger partial charge in [-0.05, 0) is 0 Å². The van der Waals surface area contributed by atoms with E-state index < -0.39 is 8.32 Å². The third-order valence-electron chi connectivity index (χ3n) is 3.63. The SMILES string of the molecule is [Cu][O][Si](c1ccccc1)(c1ccccc1)c1ccccc1. The first-order valence-electron chi connectivity index (χ1n) is 6.81. The van der Waals surface area contributed by atoms with Crippen LogP contribution < -0.4 is 15.6 Å². The van der Waals surface area contributed by atoms with Gasteiger partial charge in [-0.2, -0.15) is 0 Å². The molecule has 0 aliphatic heterocycles. The van der Waals surface area contributed by atoms with E-state index in [4.69, 9.17) is 19.9 Å².